The lowest BCUT2D eigenvalue weighted by Gasteiger charge is -2.24. The van der Waals surface area contributed by atoms with Crippen LogP contribution in [0.2, 0.25) is 0 Å². The standard InChI is InChI=1S/C18H20N2O3S/c1-13-5-9-16(10-6-13)24(22,23)17-11-7-15(8-12-17)19-20-18(21)14-3-2-4-14/h5-12,14,19H,2-4H2,1H3,(H,20,21). The first kappa shape index (κ1) is 16.5. The Hall–Kier alpha value is -2.34. The highest BCUT2D eigenvalue weighted by molar-refractivity contribution is 7.91. The number of anilines is 1. The Kier molecular flexibility index (Phi) is 4.57. The predicted molar refractivity (Wildman–Crippen MR) is 92.2 cm³/mol. The summed E-state index contributed by atoms with van der Waals surface area (Å²) in [6.45, 7) is 1.91. The van der Waals surface area contributed by atoms with Gasteiger partial charge in [0.2, 0.25) is 15.7 Å². The van der Waals surface area contributed by atoms with Gasteiger partial charge in [0, 0.05) is 5.92 Å². The van der Waals surface area contributed by atoms with Crippen molar-refractivity contribution in [1.29, 1.82) is 0 Å². The van der Waals surface area contributed by atoms with Crippen molar-refractivity contribution in [2.75, 3.05) is 5.43 Å². The van der Waals surface area contributed by atoms with Gasteiger partial charge in [0.25, 0.3) is 0 Å². The molecule has 2 aromatic carbocycles. The molecule has 6 heteroatoms. The average molecular weight is 344 g/mol. The van der Waals surface area contributed by atoms with E-state index in [-0.39, 0.29) is 21.6 Å². The summed E-state index contributed by atoms with van der Waals surface area (Å²) in [5.41, 5.74) is 7.14. The van der Waals surface area contributed by atoms with E-state index >= 15 is 0 Å². The second-order valence-corrected chi connectivity index (χ2v) is 8.03. The molecule has 1 amide bonds. The van der Waals surface area contributed by atoms with Crippen LogP contribution >= 0.6 is 0 Å². The second kappa shape index (κ2) is 6.65. The van der Waals surface area contributed by atoms with Crippen molar-refractivity contribution in [1.82, 2.24) is 5.43 Å². The van der Waals surface area contributed by atoms with Crippen molar-refractivity contribution in [2.45, 2.75) is 36.0 Å². The quantitative estimate of drug-likeness (QED) is 0.818. The summed E-state index contributed by atoms with van der Waals surface area (Å²) < 4.78 is 25.1. The number of hydrazine groups is 1. The van der Waals surface area contributed by atoms with E-state index in [9.17, 15) is 13.2 Å². The molecule has 126 valence electrons. The van der Waals surface area contributed by atoms with Crippen molar-refractivity contribution >= 4 is 21.4 Å². The van der Waals surface area contributed by atoms with Gasteiger partial charge in [0.05, 0.1) is 15.5 Å². The molecule has 0 atom stereocenters. The topological polar surface area (TPSA) is 75.3 Å². The molecule has 1 fully saturated rings. The Morgan fingerprint density at radius 2 is 1.50 bits per heavy atom. The number of carbonyl (C=O) groups excluding carboxylic acids is 1. The second-order valence-electron chi connectivity index (χ2n) is 6.08. The van der Waals surface area contributed by atoms with Gasteiger partial charge in [0.1, 0.15) is 0 Å². The van der Waals surface area contributed by atoms with Crippen LogP contribution in [0.15, 0.2) is 58.3 Å². The SMILES string of the molecule is Cc1ccc(S(=O)(=O)c2ccc(NNC(=O)C3CCC3)cc2)cc1. The van der Waals surface area contributed by atoms with Crippen molar-refractivity contribution in [3.05, 3.63) is 54.1 Å². The van der Waals surface area contributed by atoms with Crippen molar-refractivity contribution in [3.63, 3.8) is 0 Å². The van der Waals surface area contributed by atoms with Crippen LogP contribution in [0.3, 0.4) is 0 Å². The van der Waals surface area contributed by atoms with Gasteiger partial charge in [-0.1, -0.05) is 24.1 Å². The number of rotatable bonds is 5. The number of carbonyl (C=O) groups is 1. The smallest absolute Gasteiger partial charge is 0.241 e. The van der Waals surface area contributed by atoms with Crippen LogP contribution in [0, 0.1) is 12.8 Å². The van der Waals surface area contributed by atoms with Crippen molar-refractivity contribution < 1.29 is 13.2 Å². The highest BCUT2D eigenvalue weighted by Crippen LogP contribution is 2.26. The summed E-state index contributed by atoms with van der Waals surface area (Å²) in [5, 5.41) is 0. The maximum Gasteiger partial charge on any atom is 0.241 e. The first-order chi connectivity index (χ1) is 11.5. The van der Waals surface area contributed by atoms with E-state index in [4.69, 9.17) is 0 Å². The third kappa shape index (κ3) is 3.43. The minimum Gasteiger partial charge on any atom is -0.299 e. The number of sulfone groups is 1. The number of benzene rings is 2. The fourth-order valence-electron chi connectivity index (χ4n) is 2.48. The number of hydrogen-bond donors (Lipinski definition) is 2. The molecule has 2 N–H and O–H groups in total. The van der Waals surface area contributed by atoms with E-state index < -0.39 is 9.84 Å². The van der Waals surface area contributed by atoms with Gasteiger partial charge in [-0.3, -0.25) is 15.6 Å². The lowest BCUT2D eigenvalue weighted by Crippen LogP contribution is -2.37. The Morgan fingerprint density at radius 3 is 2.00 bits per heavy atom. The number of amides is 1. The minimum atomic E-state index is -3.53. The zero-order chi connectivity index (χ0) is 17.2. The molecule has 0 heterocycles. The number of nitrogens with one attached hydrogen (secondary N) is 2. The van der Waals surface area contributed by atoms with Crippen molar-refractivity contribution in [2.24, 2.45) is 5.92 Å². The van der Waals surface area contributed by atoms with Crippen LogP contribution < -0.4 is 10.9 Å². The first-order valence-corrected chi connectivity index (χ1v) is 9.43. The van der Waals surface area contributed by atoms with Gasteiger partial charge in [-0.05, 0) is 56.2 Å². The first-order valence-electron chi connectivity index (χ1n) is 7.94. The van der Waals surface area contributed by atoms with Crippen LogP contribution in [-0.4, -0.2) is 14.3 Å². The van der Waals surface area contributed by atoms with E-state index in [2.05, 4.69) is 10.9 Å². The molecule has 0 bridgehead atoms. The van der Waals surface area contributed by atoms with E-state index in [1.54, 1.807) is 36.4 Å². The van der Waals surface area contributed by atoms with Gasteiger partial charge >= 0.3 is 0 Å². The summed E-state index contributed by atoms with van der Waals surface area (Å²) in [4.78, 5) is 12.3. The summed E-state index contributed by atoms with van der Waals surface area (Å²) in [5.74, 6) is 0.0799. The number of hydrogen-bond acceptors (Lipinski definition) is 4. The van der Waals surface area contributed by atoms with E-state index in [0.717, 1.165) is 24.8 Å². The molecule has 0 spiro atoms. The third-order valence-electron chi connectivity index (χ3n) is 4.30. The molecule has 0 aliphatic heterocycles. The molecule has 3 rings (SSSR count). The highest BCUT2D eigenvalue weighted by atomic mass is 32.2. The Labute approximate surface area is 142 Å². The molecule has 5 nitrogen and oxygen atoms in total. The Balaban J connectivity index is 1.69. The molecule has 1 aliphatic rings. The molecule has 24 heavy (non-hydrogen) atoms. The van der Waals surface area contributed by atoms with Crippen LogP contribution in [0.4, 0.5) is 5.69 Å². The molecule has 2 aromatic rings. The van der Waals surface area contributed by atoms with E-state index in [0.29, 0.717) is 5.69 Å². The van der Waals surface area contributed by atoms with Crippen LogP contribution in [0.1, 0.15) is 24.8 Å². The van der Waals surface area contributed by atoms with Gasteiger partial charge in [-0.2, -0.15) is 0 Å². The van der Waals surface area contributed by atoms with Gasteiger partial charge < -0.3 is 0 Å². The summed E-state index contributed by atoms with van der Waals surface area (Å²) >= 11 is 0. The fraction of sp³-hybridized carbons (Fsp3) is 0.278. The van der Waals surface area contributed by atoms with Gasteiger partial charge in [-0.15, -0.1) is 0 Å². The highest BCUT2D eigenvalue weighted by Gasteiger charge is 2.25. The molecule has 0 saturated heterocycles. The summed E-state index contributed by atoms with van der Waals surface area (Å²) in [7, 11) is -3.53. The largest absolute Gasteiger partial charge is 0.299 e. The normalized spacial score (nSPS) is 14.7. The lowest BCUT2D eigenvalue weighted by molar-refractivity contribution is -0.126. The third-order valence-corrected chi connectivity index (χ3v) is 6.09. The monoisotopic (exact) mass is 344 g/mol. The molecule has 0 aromatic heterocycles. The minimum absolute atomic E-state index is 0.0161. The Bertz CT molecular complexity index is 824. The zero-order valence-corrected chi connectivity index (χ0v) is 14.3. The van der Waals surface area contributed by atoms with Crippen LogP contribution in [0.5, 0.6) is 0 Å². The molecule has 0 radical (unpaired) electrons. The summed E-state index contributed by atoms with van der Waals surface area (Å²) in [6.07, 6.45) is 2.96. The number of aryl methyl sites for hydroxylation is 1. The lowest BCUT2D eigenvalue weighted by atomic mass is 9.85. The van der Waals surface area contributed by atoms with Crippen LogP contribution in [-0.2, 0) is 14.6 Å². The molecular weight excluding hydrogens is 324 g/mol. The van der Waals surface area contributed by atoms with E-state index in [1.807, 2.05) is 6.92 Å². The average Bonchev–Trinajstić information content (AvgIpc) is 2.52. The Morgan fingerprint density at radius 1 is 0.958 bits per heavy atom. The molecule has 0 unspecified atom stereocenters. The van der Waals surface area contributed by atoms with Gasteiger partial charge in [0.15, 0.2) is 0 Å². The molecule has 1 aliphatic carbocycles. The van der Waals surface area contributed by atoms with E-state index in [1.165, 1.54) is 12.1 Å². The fourth-order valence-corrected chi connectivity index (χ4v) is 3.74. The zero-order valence-electron chi connectivity index (χ0n) is 13.5. The molecular formula is C18H20N2O3S. The molecule has 1 saturated carbocycles. The maximum atomic E-state index is 12.6. The van der Waals surface area contributed by atoms with Crippen LogP contribution in [0.25, 0.3) is 0 Å². The van der Waals surface area contributed by atoms with Crippen molar-refractivity contribution in [3.8, 4) is 0 Å². The van der Waals surface area contributed by atoms with Gasteiger partial charge in [-0.25, -0.2) is 8.42 Å². The predicted octanol–water partition coefficient (Wildman–Crippen LogP) is 3.07. The maximum absolute atomic E-state index is 12.6. The summed E-state index contributed by atoms with van der Waals surface area (Å²) in [6, 6.07) is 13.1.